The van der Waals surface area contributed by atoms with Gasteiger partial charge in [0.2, 0.25) is 0 Å². The number of carboxylic acid groups (broad SMARTS) is 1. The van der Waals surface area contributed by atoms with E-state index in [0.29, 0.717) is 13.1 Å². The summed E-state index contributed by atoms with van der Waals surface area (Å²) in [7, 11) is 0. The van der Waals surface area contributed by atoms with Crippen molar-refractivity contribution in [2.24, 2.45) is 0 Å². The molecule has 8 nitrogen and oxygen atoms in total. The van der Waals surface area contributed by atoms with Gasteiger partial charge in [-0.05, 0) is 19.4 Å². The molecular formula is C12H20N4O4. The summed E-state index contributed by atoms with van der Waals surface area (Å²) in [4.78, 5) is 22.0. The van der Waals surface area contributed by atoms with Crippen molar-refractivity contribution in [2.45, 2.75) is 32.4 Å². The lowest BCUT2D eigenvalue weighted by molar-refractivity contribution is -0.141. The molecule has 1 unspecified atom stereocenters. The van der Waals surface area contributed by atoms with Crippen molar-refractivity contribution in [2.75, 3.05) is 13.1 Å². The van der Waals surface area contributed by atoms with Crippen molar-refractivity contribution >= 4 is 12.0 Å². The Hall–Kier alpha value is -2.09. The smallest absolute Gasteiger partial charge is 0.314 e. The topological polar surface area (TPSA) is 116 Å². The van der Waals surface area contributed by atoms with Crippen LogP contribution in [0.2, 0.25) is 0 Å². The van der Waals surface area contributed by atoms with Crippen LogP contribution < -0.4 is 10.6 Å². The Morgan fingerprint density at radius 3 is 2.70 bits per heavy atom. The average molecular weight is 284 g/mol. The van der Waals surface area contributed by atoms with Crippen LogP contribution >= 0.6 is 0 Å². The number of aryl methyl sites for hydroxylation is 1. The predicted octanol–water partition coefficient (Wildman–Crippen LogP) is -0.284. The standard InChI is InChI=1S/C12H20N4O4/c1-9-6-15-16(7-9)4-3-13-11(19)14-8-12(2,20)5-10(17)18/h6-7,20H,3-5,8H2,1-2H3,(H,17,18)(H2,13,14,19). The van der Waals surface area contributed by atoms with Gasteiger partial charge < -0.3 is 20.8 Å². The number of nitrogens with zero attached hydrogens (tertiary/aromatic N) is 2. The minimum atomic E-state index is -1.47. The van der Waals surface area contributed by atoms with Gasteiger partial charge in [0.05, 0.1) is 24.8 Å². The van der Waals surface area contributed by atoms with Crippen molar-refractivity contribution < 1.29 is 19.8 Å². The summed E-state index contributed by atoms with van der Waals surface area (Å²) in [6.07, 6.45) is 3.15. The Morgan fingerprint density at radius 2 is 2.15 bits per heavy atom. The lowest BCUT2D eigenvalue weighted by atomic mass is 10.0. The van der Waals surface area contributed by atoms with Gasteiger partial charge in [-0.2, -0.15) is 5.10 Å². The highest BCUT2D eigenvalue weighted by atomic mass is 16.4. The summed E-state index contributed by atoms with van der Waals surface area (Å²) in [6, 6.07) is -0.459. The molecule has 0 aliphatic carbocycles. The zero-order valence-corrected chi connectivity index (χ0v) is 11.6. The van der Waals surface area contributed by atoms with Crippen molar-refractivity contribution in [3.8, 4) is 0 Å². The van der Waals surface area contributed by atoms with Gasteiger partial charge in [0.1, 0.15) is 0 Å². The third kappa shape index (κ3) is 6.19. The zero-order valence-electron chi connectivity index (χ0n) is 11.6. The molecule has 112 valence electrons. The van der Waals surface area contributed by atoms with E-state index in [9.17, 15) is 14.7 Å². The number of aliphatic carboxylic acids is 1. The van der Waals surface area contributed by atoms with Crippen LogP contribution in [0.4, 0.5) is 4.79 Å². The van der Waals surface area contributed by atoms with Crippen molar-refractivity contribution in [1.29, 1.82) is 0 Å². The van der Waals surface area contributed by atoms with Crippen molar-refractivity contribution in [3.05, 3.63) is 18.0 Å². The molecule has 0 radical (unpaired) electrons. The van der Waals surface area contributed by atoms with E-state index in [1.807, 2.05) is 13.1 Å². The van der Waals surface area contributed by atoms with Crippen molar-refractivity contribution in [3.63, 3.8) is 0 Å². The van der Waals surface area contributed by atoms with Crippen LogP contribution in [0.15, 0.2) is 12.4 Å². The molecule has 1 aromatic heterocycles. The largest absolute Gasteiger partial charge is 0.481 e. The van der Waals surface area contributed by atoms with E-state index in [0.717, 1.165) is 5.56 Å². The first kappa shape index (κ1) is 16.0. The molecule has 2 amide bonds. The predicted molar refractivity (Wildman–Crippen MR) is 71.2 cm³/mol. The summed E-state index contributed by atoms with van der Waals surface area (Å²) in [5.74, 6) is -1.12. The molecule has 0 aliphatic rings. The molecule has 1 atom stereocenters. The molecule has 1 heterocycles. The Morgan fingerprint density at radius 1 is 1.45 bits per heavy atom. The number of amides is 2. The maximum Gasteiger partial charge on any atom is 0.314 e. The van der Waals surface area contributed by atoms with E-state index >= 15 is 0 Å². The number of carbonyl (C=O) groups is 2. The SMILES string of the molecule is Cc1cnn(CCNC(=O)NCC(C)(O)CC(=O)O)c1. The number of hydrogen-bond donors (Lipinski definition) is 4. The molecule has 0 fully saturated rings. The average Bonchev–Trinajstić information content (AvgIpc) is 2.71. The molecule has 0 spiro atoms. The van der Waals surface area contributed by atoms with Gasteiger partial charge in [-0.25, -0.2) is 4.79 Å². The quantitative estimate of drug-likeness (QED) is 0.549. The van der Waals surface area contributed by atoms with Gasteiger partial charge in [0.15, 0.2) is 0 Å². The fourth-order valence-electron chi connectivity index (χ4n) is 1.59. The Bertz CT molecular complexity index is 470. The van der Waals surface area contributed by atoms with E-state index in [2.05, 4.69) is 15.7 Å². The van der Waals surface area contributed by atoms with Gasteiger partial charge in [-0.3, -0.25) is 9.48 Å². The number of aromatic nitrogens is 2. The van der Waals surface area contributed by atoms with Crippen LogP contribution in [0.1, 0.15) is 18.9 Å². The molecule has 20 heavy (non-hydrogen) atoms. The second-order valence-electron chi connectivity index (χ2n) is 4.96. The lowest BCUT2D eigenvalue weighted by Crippen LogP contribution is -2.46. The Labute approximate surface area is 116 Å². The normalized spacial score (nSPS) is 13.6. The summed E-state index contributed by atoms with van der Waals surface area (Å²) in [5.41, 5.74) is -0.429. The van der Waals surface area contributed by atoms with Crippen LogP contribution in [-0.4, -0.2) is 50.7 Å². The molecule has 0 aromatic carbocycles. The molecule has 0 saturated carbocycles. The summed E-state index contributed by atoms with van der Waals surface area (Å²) in [5, 5.41) is 27.4. The third-order valence-electron chi connectivity index (χ3n) is 2.55. The minimum absolute atomic E-state index is 0.133. The van der Waals surface area contributed by atoms with Crippen LogP contribution in [0.3, 0.4) is 0 Å². The highest BCUT2D eigenvalue weighted by molar-refractivity contribution is 5.74. The molecule has 1 aromatic rings. The van der Waals surface area contributed by atoms with E-state index in [4.69, 9.17) is 5.11 Å². The number of urea groups is 1. The molecule has 0 saturated heterocycles. The fourth-order valence-corrected chi connectivity index (χ4v) is 1.59. The second kappa shape index (κ2) is 6.90. The first-order chi connectivity index (χ1) is 9.28. The van der Waals surface area contributed by atoms with Gasteiger partial charge in [0.25, 0.3) is 0 Å². The molecule has 1 rings (SSSR count). The third-order valence-corrected chi connectivity index (χ3v) is 2.55. The molecule has 4 N–H and O–H groups in total. The number of hydrogen-bond acceptors (Lipinski definition) is 4. The molecule has 0 bridgehead atoms. The van der Waals surface area contributed by atoms with Gasteiger partial charge in [-0.15, -0.1) is 0 Å². The summed E-state index contributed by atoms with van der Waals surface area (Å²) >= 11 is 0. The first-order valence-electron chi connectivity index (χ1n) is 6.23. The number of carboxylic acids is 1. The van der Waals surface area contributed by atoms with E-state index < -0.39 is 24.0 Å². The molecule has 0 aliphatic heterocycles. The van der Waals surface area contributed by atoms with Crippen LogP contribution in [0.5, 0.6) is 0 Å². The van der Waals surface area contributed by atoms with Crippen molar-refractivity contribution in [1.82, 2.24) is 20.4 Å². The number of rotatable bonds is 7. The van der Waals surface area contributed by atoms with E-state index in [1.54, 1.807) is 10.9 Å². The van der Waals surface area contributed by atoms with Gasteiger partial charge in [0, 0.05) is 19.3 Å². The number of aliphatic hydroxyl groups is 1. The monoisotopic (exact) mass is 284 g/mol. The Kier molecular flexibility index (Phi) is 5.51. The Balaban J connectivity index is 2.22. The summed E-state index contributed by atoms with van der Waals surface area (Å²) < 4.78 is 1.70. The lowest BCUT2D eigenvalue weighted by Gasteiger charge is -2.21. The molecule has 8 heteroatoms. The zero-order chi connectivity index (χ0) is 15.2. The van der Waals surface area contributed by atoms with Crippen LogP contribution in [-0.2, 0) is 11.3 Å². The maximum absolute atomic E-state index is 11.5. The summed E-state index contributed by atoms with van der Waals surface area (Å²) in [6.45, 7) is 4.06. The number of nitrogens with one attached hydrogen (secondary N) is 2. The van der Waals surface area contributed by atoms with E-state index in [-0.39, 0.29) is 6.54 Å². The van der Waals surface area contributed by atoms with Gasteiger partial charge in [-0.1, -0.05) is 0 Å². The first-order valence-corrected chi connectivity index (χ1v) is 6.23. The number of carbonyl (C=O) groups excluding carboxylic acids is 1. The van der Waals surface area contributed by atoms with Crippen LogP contribution in [0, 0.1) is 6.92 Å². The van der Waals surface area contributed by atoms with Gasteiger partial charge >= 0.3 is 12.0 Å². The van der Waals surface area contributed by atoms with E-state index in [1.165, 1.54) is 6.92 Å². The van der Waals surface area contributed by atoms with Crippen LogP contribution in [0.25, 0.3) is 0 Å². The second-order valence-corrected chi connectivity index (χ2v) is 4.96. The highest BCUT2D eigenvalue weighted by Gasteiger charge is 2.24. The maximum atomic E-state index is 11.5. The molecular weight excluding hydrogens is 264 g/mol. The fraction of sp³-hybridized carbons (Fsp3) is 0.583. The minimum Gasteiger partial charge on any atom is -0.481 e. The highest BCUT2D eigenvalue weighted by Crippen LogP contribution is 2.06.